The van der Waals surface area contributed by atoms with Gasteiger partial charge in [0.25, 0.3) is 11.8 Å². The summed E-state index contributed by atoms with van der Waals surface area (Å²) in [6.07, 6.45) is 3.93. The van der Waals surface area contributed by atoms with Crippen LogP contribution in [0.2, 0.25) is 0 Å². The Morgan fingerprint density at radius 2 is 1.51 bits per heavy atom. The Bertz CT molecular complexity index is 1380. The fourth-order valence-corrected chi connectivity index (χ4v) is 5.85. The number of carbonyl (C=O) groups is 4. The number of hydrogen-bond acceptors (Lipinski definition) is 7. The van der Waals surface area contributed by atoms with Crippen LogP contribution in [0.4, 0.5) is 0 Å². The van der Waals surface area contributed by atoms with Crippen LogP contribution in [0.3, 0.4) is 0 Å². The first-order valence-corrected chi connectivity index (χ1v) is 13.3. The summed E-state index contributed by atoms with van der Waals surface area (Å²) in [4.78, 5) is 60.1. The summed E-state index contributed by atoms with van der Waals surface area (Å²) < 4.78 is 0. The molecule has 2 unspecified atom stereocenters. The van der Waals surface area contributed by atoms with E-state index in [1.54, 1.807) is 12.1 Å². The summed E-state index contributed by atoms with van der Waals surface area (Å²) >= 11 is 0. The Kier molecular flexibility index (Phi) is 6.76. The summed E-state index contributed by atoms with van der Waals surface area (Å²) in [6.45, 7) is 4.15. The fraction of sp³-hybridized carbons (Fsp3) is 0.300. The number of amides is 4. The molecule has 3 aliphatic heterocycles. The zero-order valence-electron chi connectivity index (χ0n) is 21.5. The number of piperazine rings is 1. The number of nitrogens with one attached hydrogen (secondary N) is 1. The van der Waals surface area contributed by atoms with Crippen LogP contribution in [-0.4, -0.2) is 75.5 Å². The normalized spacial score (nSPS) is 21.1. The van der Waals surface area contributed by atoms with Gasteiger partial charge in [0.05, 0.1) is 17.2 Å². The molecule has 39 heavy (non-hydrogen) atoms. The average molecular weight is 524 g/mol. The highest BCUT2D eigenvalue weighted by atomic mass is 16.2. The lowest BCUT2D eigenvalue weighted by Gasteiger charge is -2.39. The molecule has 2 saturated heterocycles. The predicted molar refractivity (Wildman–Crippen MR) is 142 cm³/mol. The van der Waals surface area contributed by atoms with Crippen LogP contribution in [0.5, 0.6) is 0 Å². The molecule has 2 atom stereocenters. The van der Waals surface area contributed by atoms with Crippen molar-refractivity contribution >= 4 is 23.6 Å². The van der Waals surface area contributed by atoms with E-state index in [0.717, 1.165) is 36.6 Å². The maximum absolute atomic E-state index is 13.2. The Balaban J connectivity index is 1.14. The molecule has 4 heterocycles. The Morgan fingerprint density at radius 1 is 0.821 bits per heavy atom. The van der Waals surface area contributed by atoms with E-state index in [-0.39, 0.29) is 24.8 Å². The Morgan fingerprint density at radius 3 is 2.23 bits per heavy atom. The lowest BCUT2D eigenvalue weighted by molar-refractivity contribution is -0.136. The van der Waals surface area contributed by atoms with E-state index in [2.05, 4.69) is 56.5 Å². The third kappa shape index (κ3) is 4.86. The first-order chi connectivity index (χ1) is 19.0. The highest BCUT2D eigenvalue weighted by molar-refractivity contribution is 6.23. The monoisotopic (exact) mass is 523 g/mol. The minimum Gasteiger partial charge on any atom is -0.297 e. The molecule has 198 valence electrons. The lowest BCUT2D eigenvalue weighted by atomic mass is 9.97. The van der Waals surface area contributed by atoms with Crippen molar-refractivity contribution in [3.8, 4) is 0 Å². The molecule has 9 nitrogen and oxygen atoms in total. The standard InChI is InChI=1S/C30H29N5O4/c36-26-9-8-25(28(37)32-26)35-29(38)23-7-6-20(18-24(23)30(35)39)19-33-14-16-34(17-15-33)27(21-4-2-1-3-5-21)22-10-12-31-13-11-22/h1-7,10-13,18,25,27H,8-9,14-17,19H2,(H,32,36,37). The van der Waals surface area contributed by atoms with Gasteiger partial charge in [-0.15, -0.1) is 0 Å². The molecule has 3 aliphatic rings. The molecule has 2 aromatic carbocycles. The van der Waals surface area contributed by atoms with Gasteiger partial charge in [0.2, 0.25) is 11.8 Å². The molecule has 9 heteroatoms. The molecule has 0 saturated carbocycles. The SMILES string of the molecule is O=C1CCC(N2C(=O)c3ccc(CN4CCN(C(c5ccccc5)c5ccncc5)CC4)cc3C2=O)C(=O)N1. The Labute approximate surface area is 226 Å². The van der Waals surface area contributed by atoms with Gasteiger partial charge in [0.15, 0.2) is 0 Å². The predicted octanol–water partition coefficient (Wildman–Crippen LogP) is 2.39. The number of aromatic nitrogens is 1. The van der Waals surface area contributed by atoms with Crippen molar-refractivity contribution in [1.29, 1.82) is 0 Å². The second-order valence-electron chi connectivity index (χ2n) is 10.2. The largest absolute Gasteiger partial charge is 0.297 e. The van der Waals surface area contributed by atoms with Crippen LogP contribution in [0.1, 0.15) is 56.3 Å². The van der Waals surface area contributed by atoms with Crippen LogP contribution < -0.4 is 5.32 Å². The van der Waals surface area contributed by atoms with Crippen molar-refractivity contribution in [2.75, 3.05) is 26.2 Å². The van der Waals surface area contributed by atoms with Gasteiger partial charge in [0.1, 0.15) is 6.04 Å². The first kappa shape index (κ1) is 25.1. The summed E-state index contributed by atoms with van der Waals surface area (Å²) in [7, 11) is 0. The van der Waals surface area contributed by atoms with Crippen molar-refractivity contribution in [3.05, 3.63) is 101 Å². The van der Waals surface area contributed by atoms with Crippen molar-refractivity contribution in [2.24, 2.45) is 0 Å². The molecular formula is C30H29N5O4. The number of rotatable bonds is 6. The first-order valence-electron chi connectivity index (χ1n) is 13.3. The lowest BCUT2D eigenvalue weighted by Crippen LogP contribution is -2.54. The minimum absolute atomic E-state index is 0.104. The van der Waals surface area contributed by atoms with Gasteiger partial charge in [-0.1, -0.05) is 36.4 Å². The number of nitrogens with zero attached hydrogens (tertiary/aromatic N) is 4. The summed E-state index contributed by atoms with van der Waals surface area (Å²) in [6, 6.07) is 19.2. The van der Waals surface area contributed by atoms with Crippen molar-refractivity contribution in [3.63, 3.8) is 0 Å². The summed E-state index contributed by atoms with van der Waals surface area (Å²) in [5.74, 6) is -1.93. The second kappa shape index (κ2) is 10.5. The average Bonchev–Trinajstić information content (AvgIpc) is 3.20. The number of hydrogen-bond donors (Lipinski definition) is 1. The Hall–Kier alpha value is -4.21. The number of imide groups is 2. The van der Waals surface area contributed by atoms with Gasteiger partial charge in [-0.05, 0) is 47.4 Å². The van der Waals surface area contributed by atoms with Crippen molar-refractivity contribution in [1.82, 2.24) is 25.0 Å². The highest BCUT2D eigenvalue weighted by Crippen LogP contribution is 2.31. The van der Waals surface area contributed by atoms with E-state index >= 15 is 0 Å². The molecule has 0 radical (unpaired) electrons. The second-order valence-corrected chi connectivity index (χ2v) is 10.2. The quantitative estimate of drug-likeness (QED) is 0.495. The molecule has 4 amide bonds. The van der Waals surface area contributed by atoms with Crippen LogP contribution in [0.15, 0.2) is 73.1 Å². The van der Waals surface area contributed by atoms with Crippen molar-refractivity contribution < 1.29 is 19.2 Å². The van der Waals surface area contributed by atoms with E-state index < -0.39 is 23.8 Å². The van der Waals surface area contributed by atoms with Gasteiger partial charge in [-0.3, -0.25) is 44.2 Å². The summed E-state index contributed by atoms with van der Waals surface area (Å²) in [5, 5.41) is 2.23. The molecule has 2 fully saturated rings. The van der Waals surface area contributed by atoms with Gasteiger partial charge in [-0.25, -0.2) is 0 Å². The summed E-state index contributed by atoms with van der Waals surface area (Å²) in [5.41, 5.74) is 4.04. The zero-order valence-corrected chi connectivity index (χ0v) is 21.5. The van der Waals surface area contributed by atoms with Crippen LogP contribution in [0.25, 0.3) is 0 Å². The number of benzene rings is 2. The zero-order chi connectivity index (χ0) is 26.9. The van der Waals surface area contributed by atoms with Crippen LogP contribution in [0, 0.1) is 0 Å². The van der Waals surface area contributed by atoms with E-state index in [0.29, 0.717) is 17.7 Å². The van der Waals surface area contributed by atoms with Gasteiger partial charge in [-0.2, -0.15) is 0 Å². The van der Waals surface area contributed by atoms with Crippen LogP contribution >= 0.6 is 0 Å². The smallest absolute Gasteiger partial charge is 0.262 e. The molecular weight excluding hydrogens is 494 g/mol. The third-order valence-corrected chi connectivity index (χ3v) is 7.82. The number of pyridine rings is 1. The number of fused-ring (bicyclic) bond motifs is 1. The highest BCUT2D eigenvalue weighted by Gasteiger charge is 2.44. The van der Waals surface area contributed by atoms with Gasteiger partial charge >= 0.3 is 0 Å². The molecule has 3 aromatic rings. The number of piperidine rings is 1. The van der Waals surface area contributed by atoms with Gasteiger partial charge in [0, 0.05) is 51.5 Å². The third-order valence-electron chi connectivity index (χ3n) is 7.82. The van der Waals surface area contributed by atoms with E-state index in [9.17, 15) is 19.2 Å². The van der Waals surface area contributed by atoms with E-state index in [4.69, 9.17) is 0 Å². The van der Waals surface area contributed by atoms with Crippen LogP contribution in [-0.2, 0) is 16.1 Å². The van der Waals surface area contributed by atoms with Crippen molar-refractivity contribution in [2.45, 2.75) is 31.5 Å². The van der Waals surface area contributed by atoms with Gasteiger partial charge < -0.3 is 0 Å². The molecule has 1 N–H and O–H groups in total. The fourth-order valence-electron chi connectivity index (χ4n) is 5.85. The van der Waals surface area contributed by atoms with E-state index in [1.807, 2.05) is 24.5 Å². The topological polar surface area (TPSA) is 103 Å². The molecule has 6 rings (SSSR count). The molecule has 1 aromatic heterocycles. The maximum Gasteiger partial charge on any atom is 0.262 e. The molecule has 0 spiro atoms. The number of carbonyl (C=O) groups excluding carboxylic acids is 4. The maximum atomic E-state index is 13.2. The minimum atomic E-state index is -0.954. The van der Waals surface area contributed by atoms with E-state index in [1.165, 1.54) is 11.1 Å². The molecule has 0 bridgehead atoms. The molecule has 0 aliphatic carbocycles.